The Morgan fingerprint density at radius 2 is 1.12 bits per heavy atom. The van der Waals surface area contributed by atoms with Crippen LogP contribution >= 0.6 is 23.2 Å². The van der Waals surface area contributed by atoms with Gasteiger partial charge in [-0.2, -0.15) is 0 Å². The molecular formula is C35H61Cl2NO9S. The second-order valence-electron chi connectivity index (χ2n) is 8.08. The summed E-state index contributed by atoms with van der Waals surface area (Å²) in [5.41, 5.74) is 1.33. The first-order valence-corrected chi connectivity index (χ1v) is 15.8. The van der Waals surface area contributed by atoms with Gasteiger partial charge in [-0.05, 0) is 61.6 Å². The van der Waals surface area contributed by atoms with Crippen molar-refractivity contribution in [2.75, 3.05) is 41.7 Å². The van der Waals surface area contributed by atoms with Crippen molar-refractivity contribution in [3.8, 4) is 5.75 Å². The van der Waals surface area contributed by atoms with Crippen LogP contribution in [0, 0.1) is 0 Å². The number of sulfonamides is 1. The van der Waals surface area contributed by atoms with Crippen molar-refractivity contribution in [1.82, 2.24) is 4.72 Å². The van der Waals surface area contributed by atoms with Crippen LogP contribution in [-0.4, -0.2) is 72.6 Å². The zero-order chi connectivity index (χ0) is 34.7. The third-order valence-electron chi connectivity index (χ3n) is 4.73. The fourth-order valence-corrected chi connectivity index (χ4v) is 3.04. The highest BCUT2D eigenvalue weighted by molar-refractivity contribution is 7.88. The molecule has 1 aromatic heterocycles. The first-order chi connectivity index (χ1) is 20.7. The van der Waals surface area contributed by atoms with Gasteiger partial charge in [0.25, 0.3) is 0 Å². The number of hydrogen-bond acceptors (Lipinski definition) is 9. The molecule has 0 spiro atoms. The van der Waals surface area contributed by atoms with Gasteiger partial charge in [-0.3, -0.25) is 14.4 Å². The summed E-state index contributed by atoms with van der Waals surface area (Å²) in [4.78, 5) is 33.2. The van der Waals surface area contributed by atoms with E-state index in [-0.39, 0.29) is 47.1 Å². The molecule has 1 heterocycles. The van der Waals surface area contributed by atoms with Crippen molar-refractivity contribution >= 4 is 50.6 Å². The van der Waals surface area contributed by atoms with E-state index in [1.807, 2.05) is 13.8 Å². The number of carbonyl (C=O) groups excluding carboxylic acids is 3. The minimum Gasteiger partial charge on any atom is -0.497 e. The summed E-state index contributed by atoms with van der Waals surface area (Å²) >= 11 is 11.4. The Morgan fingerprint density at radius 3 is 1.42 bits per heavy atom. The number of halogens is 2. The molecule has 48 heavy (non-hydrogen) atoms. The van der Waals surface area contributed by atoms with Gasteiger partial charge in [-0.1, -0.05) is 73.7 Å². The molecule has 2 aromatic carbocycles. The van der Waals surface area contributed by atoms with Gasteiger partial charge in [0.05, 0.1) is 19.6 Å². The van der Waals surface area contributed by atoms with Gasteiger partial charge in [0.2, 0.25) is 10.0 Å². The number of carbonyl (C=O) groups is 3. The molecule has 0 aliphatic rings. The molecular weight excluding hydrogens is 681 g/mol. The molecule has 0 saturated carbocycles. The van der Waals surface area contributed by atoms with E-state index in [2.05, 4.69) is 9.46 Å². The number of furan rings is 1. The molecule has 0 fully saturated rings. The molecule has 2 N–H and O–H groups in total. The first-order valence-electron chi connectivity index (χ1n) is 13.2. The number of hydrogen-bond donors (Lipinski definition) is 2. The summed E-state index contributed by atoms with van der Waals surface area (Å²) < 4.78 is 35.9. The highest BCUT2D eigenvalue weighted by Crippen LogP contribution is 2.19. The summed E-state index contributed by atoms with van der Waals surface area (Å²) in [5, 5.41) is 8.00. The van der Waals surface area contributed by atoms with Crippen molar-refractivity contribution in [2.24, 2.45) is 0 Å². The van der Waals surface area contributed by atoms with Gasteiger partial charge in [0.15, 0.2) is 23.1 Å². The third kappa shape index (κ3) is 31.5. The number of nitrogens with one attached hydrogen (secondary N) is 1. The average Bonchev–Trinajstić information content (AvgIpc) is 3.57. The molecule has 10 nitrogen and oxygen atoms in total. The molecule has 280 valence electrons. The fraction of sp³-hybridized carbons (Fsp3) is 0.457. The Balaban J connectivity index is -0.0000000888. The van der Waals surface area contributed by atoms with Gasteiger partial charge in [0, 0.05) is 61.8 Å². The maximum atomic E-state index is 11.2. The maximum Gasteiger partial charge on any atom is 0.208 e. The van der Waals surface area contributed by atoms with Crippen LogP contribution in [0.3, 0.4) is 0 Å². The summed E-state index contributed by atoms with van der Waals surface area (Å²) in [5.74, 6) is 1.51. The summed E-state index contributed by atoms with van der Waals surface area (Å²) in [7, 11) is 4.32. The predicted molar refractivity (Wildman–Crippen MR) is 204 cm³/mol. The minimum atomic E-state index is -2.91. The number of Topliss-reactive ketones (excluding diaryl/α,β-unsaturated/α-hetero) is 3. The van der Waals surface area contributed by atoms with E-state index in [0.29, 0.717) is 40.6 Å². The molecule has 0 atom stereocenters. The lowest BCUT2D eigenvalue weighted by molar-refractivity contribution is 0.0958. The second-order valence-corrected chi connectivity index (χ2v) is 10.9. The number of aliphatic hydroxyl groups excluding tert-OH is 1. The van der Waals surface area contributed by atoms with Crippen LogP contribution in [0.2, 0.25) is 10.0 Å². The van der Waals surface area contributed by atoms with Crippen LogP contribution in [0.25, 0.3) is 0 Å². The standard InChI is InChI=1S/C10H12O2.C9H8Cl2O.C7H8O2.C2H7NO2S.C2H6O.CH4O.4CH4/c1-3-10(11)8-4-6-9(12-2)7-5-8;1-2-9(12)6-3-7(10)5-8(11)4-6;1-2-6(8)7-4-3-5-9-7;1-3-6(2,4)5;1-3-2;1-2;;;;/h4-7H,3H2,1-2H3;3-5H,2H2,1H3;3-5H,2H2,1H3;3H,1-2H3;1-2H3;2H,1H3;4*1H4. The molecule has 13 heteroatoms. The van der Waals surface area contributed by atoms with Crippen LogP contribution < -0.4 is 9.46 Å². The van der Waals surface area contributed by atoms with E-state index in [1.54, 1.807) is 82.9 Å². The van der Waals surface area contributed by atoms with E-state index < -0.39 is 10.0 Å². The molecule has 0 bridgehead atoms. The van der Waals surface area contributed by atoms with E-state index in [9.17, 15) is 22.8 Å². The minimum absolute atomic E-state index is 0. The topological polar surface area (TPSA) is 149 Å². The number of methoxy groups -OCH3 is 2. The normalized spacial score (nSPS) is 8.58. The zero-order valence-electron chi connectivity index (χ0n) is 26.8. The Labute approximate surface area is 301 Å². The smallest absolute Gasteiger partial charge is 0.208 e. The molecule has 0 amide bonds. The number of benzene rings is 2. The summed E-state index contributed by atoms with van der Waals surface area (Å²) in [6, 6.07) is 15.4. The molecule has 0 saturated heterocycles. The quantitative estimate of drug-likeness (QED) is 0.215. The first kappa shape index (κ1) is 60.3. The van der Waals surface area contributed by atoms with Crippen LogP contribution in [-0.2, 0) is 14.8 Å². The van der Waals surface area contributed by atoms with Crippen LogP contribution in [0.15, 0.2) is 65.3 Å². The molecule has 0 aliphatic carbocycles. The number of ketones is 3. The maximum absolute atomic E-state index is 11.2. The SMILES string of the molecule is C.C.C.C.CCC(=O)c1cc(Cl)cc(Cl)c1.CCC(=O)c1ccc(OC)cc1.CCC(=O)c1ccco1.CNS(C)(=O)=O.CO.COC. The Bertz CT molecular complexity index is 1280. The van der Waals surface area contributed by atoms with Gasteiger partial charge < -0.3 is 19.0 Å². The predicted octanol–water partition coefficient (Wildman–Crippen LogP) is 9.33. The lowest BCUT2D eigenvalue weighted by atomic mass is 10.1. The second kappa shape index (κ2) is 36.8. The lowest BCUT2D eigenvalue weighted by Gasteiger charge is -2.00. The third-order valence-corrected chi connectivity index (χ3v) is 5.90. The Hall–Kier alpha value is -3.06. The Kier molecular flexibility index (Phi) is 46.2. The molecule has 0 radical (unpaired) electrons. The molecule has 3 rings (SSSR count). The van der Waals surface area contributed by atoms with Gasteiger partial charge in [-0.25, -0.2) is 13.1 Å². The molecule has 0 aliphatic heterocycles. The van der Waals surface area contributed by atoms with Crippen molar-refractivity contribution in [1.29, 1.82) is 0 Å². The van der Waals surface area contributed by atoms with Crippen LogP contribution in [0.1, 0.15) is 101 Å². The summed E-state index contributed by atoms with van der Waals surface area (Å²) in [6.45, 7) is 5.47. The number of aliphatic hydroxyl groups is 1. The van der Waals surface area contributed by atoms with Crippen molar-refractivity contribution in [3.05, 3.63) is 87.8 Å². The lowest BCUT2D eigenvalue weighted by Crippen LogP contribution is -2.15. The number of ether oxygens (including phenoxy) is 2. The van der Waals surface area contributed by atoms with Gasteiger partial charge in [-0.15, -0.1) is 0 Å². The van der Waals surface area contributed by atoms with Crippen LogP contribution in [0.5, 0.6) is 5.75 Å². The molecule has 3 aromatic rings. The summed E-state index contributed by atoms with van der Waals surface area (Å²) in [6.07, 6.45) is 4.13. The van der Waals surface area contributed by atoms with E-state index in [0.717, 1.165) is 24.7 Å². The average molecular weight is 743 g/mol. The largest absolute Gasteiger partial charge is 0.497 e. The Morgan fingerprint density at radius 1 is 0.750 bits per heavy atom. The monoisotopic (exact) mass is 741 g/mol. The van der Waals surface area contributed by atoms with Gasteiger partial charge >= 0.3 is 0 Å². The zero-order valence-corrected chi connectivity index (χ0v) is 29.1. The van der Waals surface area contributed by atoms with E-state index in [1.165, 1.54) is 13.3 Å². The van der Waals surface area contributed by atoms with Crippen molar-refractivity contribution in [3.63, 3.8) is 0 Å². The van der Waals surface area contributed by atoms with E-state index >= 15 is 0 Å². The van der Waals surface area contributed by atoms with E-state index in [4.69, 9.17) is 37.5 Å². The van der Waals surface area contributed by atoms with Crippen LogP contribution in [0.4, 0.5) is 0 Å². The highest BCUT2D eigenvalue weighted by Gasteiger charge is 2.05. The highest BCUT2D eigenvalue weighted by atomic mass is 35.5. The van der Waals surface area contributed by atoms with Gasteiger partial charge in [0.1, 0.15) is 5.75 Å². The fourth-order valence-electron chi connectivity index (χ4n) is 2.51. The van der Waals surface area contributed by atoms with Crippen molar-refractivity contribution < 1.29 is 41.8 Å². The molecule has 0 unspecified atom stereocenters. The number of rotatable bonds is 8. The van der Waals surface area contributed by atoms with Crippen molar-refractivity contribution in [2.45, 2.75) is 69.7 Å².